The van der Waals surface area contributed by atoms with Crippen LogP contribution in [0.1, 0.15) is 11.9 Å². The SMILES string of the molecule is NCC(O)c1nc2ccc(Br)cc2[nH]1. The molecule has 0 fully saturated rings. The van der Waals surface area contributed by atoms with Gasteiger partial charge in [0.2, 0.25) is 0 Å². The van der Waals surface area contributed by atoms with Crippen molar-refractivity contribution in [1.29, 1.82) is 0 Å². The van der Waals surface area contributed by atoms with Crippen LogP contribution in [0.2, 0.25) is 0 Å². The third-order valence-corrected chi connectivity index (χ3v) is 2.49. The summed E-state index contributed by atoms with van der Waals surface area (Å²) in [4.78, 5) is 7.23. The van der Waals surface area contributed by atoms with Crippen LogP contribution >= 0.6 is 15.9 Å². The number of benzene rings is 1. The van der Waals surface area contributed by atoms with E-state index < -0.39 is 6.10 Å². The normalized spacial score (nSPS) is 13.4. The van der Waals surface area contributed by atoms with Crippen LogP contribution in [0.25, 0.3) is 11.0 Å². The first kappa shape index (κ1) is 9.64. The van der Waals surface area contributed by atoms with E-state index >= 15 is 0 Å². The minimum absolute atomic E-state index is 0.168. The first-order valence-corrected chi connectivity index (χ1v) is 5.03. The second-order valence-corrected chi connectivity index (χ2v) is 3.95. The molecule has 0 spiro atoms. The molecule has 0 aliphatic carbocycles. The fourth-order valence-electron chi connectivity index (χ4n) is 1.27. The van der Waals surface area contributed by atoms with E-state index in [-0.39, 0.29) is 6.54 Å². The molecular formula is C9H10BrN3O. The smallest absolute Gasteiger partial charge is 0.137 e. The lowest BCUT2D eigenvalue weighted by molar-refractivity contribution is 0.178. The van der Waals surface area contributed by atoms with Crippen LogP contribution in [-0.2, 0) is 0 Å². The Morgan fingerprint density at radius 2 is 2.36 bits per heavy atom. The molecule has 0 bridgehead atoms. The molecule has 1 aromatic heterocycles. The lowest BCUT2D eigenvalue weighted by Gasteiger charge is -2.01. The van der Waals surface area contributed by atoms with Crippen molar-refractivity contribution >= 4 is 27.0 Å². The molecule has 1 atom stereocenters. The van der Waals surface area contributed by atoms with Crippen molar-refractivity contribution in [3.63, 3.8) is 0 Å². The summed E-state index contributed by atoms with van der Waals surface area (Å²) in [6.07, 6.45) is -0.721. The molecule has 2 aromatic rings. The molecule has 4 N–H and O–H groups in total. The lowest BCUT2D eigenvalue weighted by atomic mass is 10.3. The van der Waals surface area contributed by atoms with E-state index in [1.54, 1.807) is 0 Å². The Labute approximate surface area is 89.3 Å². The minimum atomic E-state index is -0.721. The quantitative estimate of drug-likeness (QED) is 0.758. The standard InChI is InChI=1S/C9H10BrN3O/c10-5-1-2-6-7(3-5)13-9(12-6)8(14)4-11/h1-3,8,14H,4,11H2,(H,12,13). The maximum absolute atomic E-state index is 9.47. The summed E-state index contributed by atoms with van der Waals surface area (Å²) in [7, 11) is 0. The Balaban J connectivity index is 2.51. The molecule has 0 saturated carbocycles. The molecule has 1 unspecified atom stereocenters. The van der Waals surface area contributed by atoms with Crippen molar-refractivity contribution in [1.82, 2.24) is 9.97 Å². The van der Waals surface area contributed by atoms with Crippen LogP contribution in [0.4, 0.5) is 0 Å². The Hall–Kier alpha value is -0.910. The fourth-order valence-corrected chi connectivity index (χ4v) is 1.63. The van der Waals surface area contributed by atoms with Gasteiger partial charge in [-0.05, 0) is 18.2 Å². The van der Waals surface area contributed by atoms with Gasteiger partial charge in [0.1, 0.15) is 11.9 Å². The highest BCUT2D eigenvalue weighted by Crippen LogP contribution is 2.19. The van der Waals surface area contributed by atoms with Crippen LogP contribution < -0.4 is 5.73 Å². The summed E-state index contributed by atoms with van der Waals surface area (Å²) in [5.74, 6) is 0.514. The largest absolute Gasteiger partial charge is 0.384 e. The molecule has 4 nitrogen and oxygen atoms in total. The van der Waals surface area contributed by atoms with Gasteiger partial charge in [0, 0.05) is 11.0 Å². The zero-order valence-corrected chi connectivity index (χ0v) is 8.95. The highest BCUT2D eigenvalue weighted by Gasteiger charge is 2.10. The van der Waals surface area contributed by atoms with Crippen LogP contribution in [0.15, 0.2) is 22.7 Å². The number of imidazole rings is 1. The molecule has 1 aromatic carbocycles. The molecule has 0 radical (unpaired) electrons. The van der Waals surface area contributed by atoms with Gasteiger partial charge < -0.3 is 15.8 Å². The van der Waals surface area contributed by atoms with E-state index in [4.69, 9.17) is 5.73 Å². The lowest BCUT2D eigenvalue weighted by Crippen LogP contribution is -2.12. The maximum atomic E-state index is 9.47. The van der Waals surface area contributed by atoms with Gasteiger partial charge >= 0.3 is 0 Å². The maximum Gasteiger partial charge on any atom is 0.137 e. The van der Waals surface area contributed by atoms with Crippen molar-refractivity contribution in [2.24, 2.45) is 5.73 Å². The Morgan fingerprint density at radius 1 is 1.57 bits per heavy atom. The number of halogens is 1. The number of hydrogen-bond acceptors (Lipinski definition) is 3. The van der Waals surface area contributed by atoms with E-state index in [1.807, 2.05) is 18.2 Å². The summed E-state index contributed by atoms with van der Waals surface area (Å²) in [6.45, 7) is 0.168. The van der Waals surface area contributed by atoms with Crippen LogP contribution in [-0.4, -0.2) is 21.6 Å². The van der Waals surface area contributed by atoms with Gasteiger partial charge in [-0.2, -0.15) is 0 Å². The van der Waals surface area contributed by atoms with Crippen molar-refractivity contribution < 1.29 is 5.11 Å². The fraction of sp³-hybridized carbons (Fsp3) is 0.222. The van der Waals surface area contributed by atoms with Gasteiger partial charge in [-0.25, -0.2) is 4.98 Å². The summed E-state index contributed by atoms with van der Waals surface area (Å²) in [5, 5.41) is 9.47. The molecule has 2 rings (SSSR count). The van der Waals surface area contributed by atoms with Gasteiger partial charge in [0.25, 0.3) is 0 Å². The highest BCUT2D eigenvalue weighted by molar-refractivity contribution is 9.10. The van der Waals surface area contributed by atoms with Crippen LogP contribution in [0, 0.1) is 0 Å². The molecule has 1 heterocycles. The number of nitrogens with one attached hydrogen (secondary N) is 1. The molecule has 0 amide bonds. The minimum Gasteiger partial charge on any atom is -0.384 e. The van der Waals surface area contributed by atoms with Gasteiger partial charge in [-0.3, -0.25) is 0 Å². The second-order valence-electron chi connectivity index (χ2n) is 3.04. The Bertz CT molecular complexity index is 454. The molecule has 14 heavy (non-hydrogen) atoms. The molecule has 0 aliphatic rings. The Morgan fingerprint density at radius 3 is 3.07 bits per heavy atom. The van der Waals surface area contributed by atoms with Gasteiger partial charge in [0.05, 0.1) is 11.0 Å². The summed E-state index contributed by atoms with van der Waals surface area (Å²) in [5.41, 5.74) is 7.06. The highest BCUT2D eigenvalue weighted by atomic mass is 79.9. The Kier molecular flexibility index (Phi) is 2.54. The zero-order chi connectivity index (χ0) is 10.1. The van der Waals surface area contributed by atoms with E-state index in [0.29, 0.717) is 5.82 Å². The molecule has 0 aliphatic heterocycles. The van der Waals surface area contributed by atoms with Gasteiger partial charge in [0.15, 0.2) is 0 Å². The van der Waals surface area contributed by atoms with Gasteiger partial charge in [-0.1, -0.05) is 15.9 Å². The average Bonchev–Trinajstić information content (AvgIpc) is 2.59. The zero-order valence-electron chi connectivity index (χ0n) is 7.37. The monoisotopic (exact) mass is 255 g/mol. The second kappa shape index (κ2) is 3.68. The van der Waals surface area contributed by atoms with Crippen LogP contribution in [0.5, 0.6) is 0 Å². The van der Waals surface area contributed by atoms with Crippen molar-refractivity contribution in [2.75, 3.05) is 6.54 Å². The number of hydrogen-bond donors (Lipinski definition) is 3. The topological polar surface area (TPSA) is 74.9 Å². The first-order valence-electron chi connectivity index (χ1n) is 4.24. The van der Waals surface area contributed by atoms with Gasteiger partial charge in [-0.15, -0.1) is 0 Å². The third kappa shape index (κ3) is 1.66. The van der Waals surface area contributed by atoms with E-state index in [9.17, 15) is 5.11 Å². The van der Waals surface area contributed by atoms with E-state index in [0.717, 1.165) is 15.5 Å². The summed E-state index contributed by atoms with van der Waals surface area (Å²) >= 11 is 3.36. The van der Waals surface area contributed by atoms with Crippen molar-refractivity contribution in [3.8, 4) is 0 Å². The number of rotatable bonds is 2. The molecular weight excluding hydrogens is 246 g/mol. The first-order chi connectivity index (χ1) is 6.70. The van der Waals surface area contributed by atoms with E-state index in [1.165, 1.54) is 0 Å². The van der Waals surface area contributed by atoms with E-state index in [2.05, 4.69) is 25.9 Å². The number of aromatic amines is 1. The predicted octanol–water partition coefficient (Wildman–Crippen LogP) is 1.32. The number of aliphatic hydroxyl groups is 1. The number of aromatic nitrogens is 2. The number of aliphatic hydroxyl groups excluding tert-OH is 1. The number of nitrogens with zero attached hydrogens (tertiary/aromatic N) is 1. The number of fused-ring (bicyclic) bond motifs is 1. The average molecular weight is 256 g/mol. The predicted molar refractivity (Wildman–Crippen MR) is 57.8 cm³/mol. The third-order valence-electron chi connectivity index (χ3n) is 2.00. The molecule has 74 valence electrons. The van der Waals surface area contributed by atoms with Crippen molar-refractivity contribution in [2.45, 2.75) is 6.10 Å². The summed E-state index contributed by atoms with van der Waals surface area (Å²) in [6, 6.07) is 5.69. The molecule has 0 saturated heterocycles. The van der Waals surface area contributed by atoms with Crippen molar-refractivity contribution in [3.05, 3.63) is 28.5 Å². The summed E-state index contributed by atoms with van der Waals surface area (Å²) < 4.78 is 0.974. The van der Waals surface area contributed by atoms with Crippen LogP contribution in [0.3, 0.4) is 0 Å². The number of nitrogens with two attached hydrogens (primary N) is 1. The number of H-pyrrole nitrogens is 1. The molecule has 5 heteroatoms.